The third-order valence-corrected chi connectivity index (χ3v) is 8.31. The van der Waals surface area contributed by atoms with E-state index in [4.69, 9.17) is 10.5 Å². The van der Waals surface area contributed by atoms with Gasteiger partial charge in [-0.1, -0.05) is 6.07 Å². The van der Waals surface area contributed by atoms with Gasteiger partial charge >= 0.3 is 0 Å². The van der Waals surface area contributed by atoms with Crippen LogP contribution >= 0.6 is 0 Å². The van der Waals surface area contributed by atoms with Crippen molar-refractivity contribution in [1.82, 2.24) is 10.2 Å². The highest BCUT2D eigenvalue weighted by molar-refractivity contribution is 6.06. The number of rotatable bonds is 7. The van der Waals surface area contributed by atoms with Crippen molar-refractivity contribution in [1.29, 1.82) is 0 Å². The number of anilines is 1. The highest BCUT2D eigenvalue weighted by Crippen LogP contribution is 2.37. The molecule has 190 valence electrons. The average Bonchev–Trinajstić information content (AvgIpc) is 3.20. The molecule has 0 bridgehead atoms. The fourth-order valence-electron chi connectivity index (χ4n) is 6.34. The summed E-state index contributed by atoms with van der Waals surface area (Å²) in [6.07, 6.45) is 9.44. The first kappa shape index (κ1) is 24.3. The van der Waals surface area contributed by atoms with Crippen LogP contribution in [0.15, 0.2) is 18.2 Å². The van der Waals surface area contributed by atoms with Gasteiger partial charge in [0.2, 0.25) is 11.8 Å². The van der Waals surface area contributed by atoms with E-state index in [1.54, 1.807) is 4.90 Å². The minimum atomic E-state index is -0.590. The Morgan fingerprint density at radius 1 is 1.09 bits per heavy atom. The molecule has 2 saturated heterocycles. The number of nitrogens with one attached hydrogen (secondary N) is 1. The minimum absolute atomic E-state index is 0.110. The van der Waals surface area contributed by atoms with Crippen molar-refractivity contribution in [2.24, 2.45) is 11.7 Å². The van der Waals surface area contributed by atoms with Gasteiger partial charge in [-0.05, 0) is 75.8 Å². The Hall–Kier alpha value is -2.45. The molecule has 2 unspecified atom stereocenters. The number of amides is 3. The van der Waals surface area contributed by atoms with Crippen molar-refractivity contribution >= 4 is 23.4 Å². The van der Waals surface area contributed by atoms with Crippen LogP contribution in [0.3, 0.4) is 0 Å². The molecule has 4 aliphatic rings. The maximum atomic E-state index is 13.3. The van der Waals surface area contributed by atoms with Crippen LogP contribution in [0.25, 0.3) is 0 Å². The smallest absolute Gasteiger partial charge is 0.255 e. The molecule has 3 heterocycles. The third-order valence-electron chi connectivity index (χ3n) is 8.31. The Morgan fingerprint density at radius 2 is 1.91 bits per heavy atom. The number of hydrogen-bond donors (Lipinski definition) is 2. The van der Waals surface area contributed by atoms with Gasteiger partial charge in [-0.2, -0.15) is 0 Å². The van der Waals surface area contributed by atoms with Crippen LogP contribution in [0.5, 0.6) is 0 Å². The average molecular weight is 483 g/mol. The fraction of sp³-hybridized carbons (Fsp3) is 0.667. The molecule has 1 saturated carbocycles. The van der Waals surface area contributed by atoms with Gasteiger partial charge in [0.05, 0.1) is 0 Å². The van der Waals surface area contributed by atoms with Crippen LogP contribution in [0.2, 0.25) is 0 Å². The van der Waals surface area contributed by atoms with Crippen LogP contribution in [-0.2, 0) is 20.9 Å². The van der Waals surface area contributed by atoms with E-state index in [1.807, 2.05) is 12.1 Å². The Kier molecular flexibility index (Phi) is 7.39. The first-order valence-electron chi connectivity index (χ1n) is 13.4. The molecule has 1 aromatic carbocycles. The number of imide groups is 1. The molecular weight excluding hydrogens is 444 g/mol. The van der Waals surface area contributed by atoms with Gasteiger partial charge < -0.3 is 20.3 Å². The Balaban J connectivity index is 1.36. The molecule has 0 radical (unpaired) electrons. The van der Waals surface area contributed by atoms with E-state index in [-0.39, 0.29) is 30.2 Å². The van der Waals surface area contributed by atoms with Crippen LogP contribution in [0.4, 0.5) is 5.69 Å². The second-order valence-electron chi connectivity index (χ2n) is 10.7. The molecule has 8 nitrogen and oxygen atoms in total. The van der Waals surface area contributed by atoms with Crippen molar-refractivity contribution in [3.63, 3.8) is 0 Å². The Bertz CT molecular complexity index is 952. The first-order chi connectivity index (χ1) is 17.0. The van der Waals surface area contributed by atoms with Crippen molar-refractivity contribution in [2.75, 3.05) is 24.7 Å². The van der Waals surface area contributed by atoms with Gasteiger partial charge in [-0.3, -0.25) is 19.7 Å². The highest BCUT2D eigenvalue weighted by atomic mass is 16.5. The SMILES string of the molecule is NC1CCC(N(CCCC2CCCOC2)c2cccc3c2CN(C2CCC(=O)NC2=O)C3=O)CC1. The largest absolute Gasteiger partial charge is 0.381 e. The van der Waals surface area contributed by atoms with Gasteiger partial charge in [-0.25, -0.2) is 0 Å². The molecule has 1 aliphatic carbocycles. The number of nitrogens with two attached hydrogens (primary N) is 1. The van der Waals surface area contributed by atoms with Crippen molar-refractivity contribution in [3.05, 3.63) is 29.3 Å². The number of carbonyl (C=O) groups is 3. The second kappa shape index (κ2) is 10.7. The zero-order valence-electron chi connectivity index (χ0n) is 20.5. The summed E-state index contributed by atoms with van der Waals surface area (Å²) in [5, 5.41) is 2.40. The lowest BCUT2D eigenvalue weighted by Crippen LogP contribution is -2.52. The summed E-state index contributed by atoms with van der Waals surface area (Å²) in [4.78, 5) is 41.7. The van der Waals surface area contributed by atoms with Crippen LogP contribution in [0, 0.1) is 5.92 Å². The van der Waals surface area contributed by atoms with E-state index in [9.17, 15) is 14.4 Å². The zero-order valence-corrected chi connectivity index (χ0v) is 20.5. The van der Waals surface area contributed by atoms with Crippen molar-refractivity contribution in [3.8, 4) is 0 Å². The molecule has 3 aliphatic heterocycles. The lowest BCUT2D eigenvalue weighted by molar-refractivity contribution is -0.136. The summed E-state index contributed by atoms with van der Waals surface area (Å²) in [7, 11) is 0. The van der Waals surface area contributed by atoms with E-state index in [1.165, 1.54) is 6.42 Å². The number of benzene rings is 1. The van der Waals surface area contributed by atoms with E-state index in [0.29, 0.717) is 30.5 Å². The summed E-state index contributed by atoms with van der Waals surface area (Å²) in [6.45, 7) is 3.11. The summed E-state index contributed by atoms with van der Waals surface area (Å²) < 4.78 is 5.69. The molecule has 0 aromatic heterocycles. The first-order valence-corrected chi connectivity index (χ1v) is 13.4. The maximum Gasteiger partial charge on any atom is 0.255 e. The number of nitrogens with zero attached hydrogens (tertiary/aromatic N) is 2. The number of ether oxygens (including phenoxy) is 1. The monoisotopic (exact) mass is 482 g/mol. The van der Waals surface area contributed by atoms with Gasteiger partial charge in [0.1, 0.15) is 6.04 Å². The van der Waals surface area contributed by atoms with E-state index in [0.717, 1.165) is 76.0 Å². The lowest BCUT2D eigenvalue weighted by Gasteiger charge is -2.39. The predicted octanol–water partition coefficient (Wildman–Crippen LogP) is 2.73. The molecule has 3 N–H and O–H groups in total. The summed E-state index contributed by atoms with van der Waals surface area (Å²) in [5.74, 6) is -0.101. The second-order valence-corrected chi connectivity index (χ2v) is 10.7. The van der Waals surface area contributed by atoms with E-state index in [2.05, 4.69) is 16.3 Å². The van der Waals surface area contributed by atoms with Crippen molar-refractivity contribution in [2.45, 2.75) is 88.9 Å². The molecule has 5 rings (SSSR count). The summed E-state index contributed by atoms with van der Waals surface area (Å²) >= 11 is 0. The Labute approximate surface area is 207 Å². The zero-order chi connectivity index (χ0) is 24.4. The van der Waals surface area contributed by atoms with Gasteiger partial charge in [-0.15, -0.1) is 0 Å². The van der Waals surface area contributed by atoms with Crippen LogP contribution in [0.1, 0.15) is 80.1 Å². The normalized spacial score (nSPS) is 29.2. The molecule has 3 amide bonds. The molecule has 2 atom stereocenters. The molecule has 35 heavy (non-hydrogen) atoms. The quantitative estimate of drug-likeness (QED) is 0.579. The summed E-state index contributed by atoms with van der Waals surface area (Å²) in [6, 6.07) is 6.08. The molecule has 8 heteroatoms. The van der Waals surface area contributed by atoms with Gasteiger partial charge in [0.15, 0.2) is 0 Å². The van der Waals surface area contributed by atoms with Gasteiger partial charge in [0.25, 0.3) is 5.91 Å². The van der Waals surface area contributed by atoms with Crippen molar-refractivity contribution < 1.29 is 19.1 Å². The maximum absolute atomic E-state index is 13.3. The number of carbonyl (C=O) groups excluding carboxylic acids is 3. The molecular formula is C27H38N4O4. The summed E-state index contributed by atoms with van der Waals surface area (Å²) in [5.41, 5.74) is 9.03. The van der Waals surface area contributed by atoms with Crippen LogP contribution < -0.4 is 16.0 Å². The van der Waals surface area contributed by atoms with E-state index < -0.39 is 6.04 Å². The Morgan fingerprint density at radius 3 is 2.66 bits per heavy atom. The standard InChI is InChI=1S/C27H38N4O4/c28-19-8-10-20(11-9-19)30(14-2-4-18-5-3-15-35-17-18)23-7-1-6-21-22(23)16-31(27(21)34)24-12-13-25(32)29-26(24)33/h1,6-7,18-20,24H,2-5,8-17,28H2,(H,29,32,33). The lowest BCUT2D eigenvalue weighted by atomic mass is 9.89. The topological polar surface area (TPSA) is 105 Å². The van der Waals surface area contributed by atoms with Crippen LogP contribution in [-0.4, -0.2) is 60.5 Å². The third kappa shape index (κ3) is 5.23. The predicted molar refractivity (Wildman–Crippen MR) is 133 cm³/mol. The molecule has 0 spiro atoms. The minimum Gasteiger partial charge on any atom is -0.381 e. The number of piperidine rings is 1. The fourth-order valence-corrected chi connectivity index (χ4v) is 6.34. The molecule has 3 fully saturated rings. The van der Waals surface area contributed by atoms with Gasteiger partial charge in [0, 0.05) is 61.6 Å². The molecule has 1 aromatic rings. The highest BCUT2D eigenvalue weighted by Gasteiger charge is 2.40. The van der Waals surface area contributed by atoms with E-state index >= 15 is 0 Å². The number of fused-ring (bicyclic) bond motifs is 1. The number of hydrogen-bond acceptors (Lipinski definition) is 6.